The third-order valence-electron chi connectivity index (χ3n) is 4.73. The summed E-state index contributed by atoms with van der Waals surface area (Å²) in [6, 6.07) is 14.3. The van der Waals surface area contributed by atoms with Gasteiger partial charge in [0.15, 0.2) is 5.76 Å². The number of sulfonamides is 1. The summed E-state index contributed by atoms with van der Waals surface area (Å²) in [6.45, 7) is 0.784. The lowest BCUT2D eigenvalue weighted by Gasteiger charge is -2.26. The molecular formula is C21H19FN2O5S. The highest BCUT2D eigenvalue weighted by Gasteiger charge is 2.29. The van der Waals surface area contributed by atoms with Gasteiger partial charge in [-0.1, -0.05) is 30.3 Å². The SMILES string of the molecule is O=C(Nc1ccc(F)c(S(=O)(=O)N2CCOCC2)c1)c1occc1-c1ccccc1. The molecule has 1 aromatic heterocycles. The number of hydrogen-bond donors (Lipinski definition) is 1. The fraction of sp³-hybridized carbons (Fsp3) is 0.190. The van der Waals surface area contributed by atoms with E-state index in [0.717, 1.165) is 17.7 Å². The molecule has 7 nitrogen and oxygen atoms in total. The zero-order chi connectivity index (χ0) is 21.1. The summed E-state index contributed by atoms with van der Waals surface area (Å²) >= 11 is 0. The van der Waals surface area contributed by atoms with E-state index in [0.29, 0.717) is 5.56 Å². The molecule has 1 saturated heterocycles. The first-order chi connectivity index (χ1) is 14.5. The maximum atomic E-state index is 14.3. The van der Waals surface area contributed by atoms with Crippen molar-refractivity contribution in [1.29, 1.82) is 0 Å². The highest BCUT2D eigenvalue weighted by molar-refractivity contribution is 7.89. The van der Waals surface area contributed by atoms with E-state index in [4.69, 9.17) is 9.15 Å². The number of carbonyl (C=O) groups is 1. The number of anilines is 1. The van der Waals surface area contributed by atoms with E-state index in [-0.39, 0.29) is 37.8 Å². The van der Waals surface area contributed by atoms with Crippen LogP contribution in [0.1, 0.15) is 10.6 Å². The van der Waals surface area contributed by atoms with Gasteiger partial charge in [0.25, 0.3) is 5.91 Å². The molecule has 1 amide bonds. The van der Waals surface area contributed by atoms with E-state index in [2.05, 4.69) is 5.32 Å². The molecule has 0 unspecified atom stereocenters. The van der Waals surface area contributed by atoms with Crippen LogP contribution < -0.4 is 5.32 Å². The van der Waals surface area contributed by atoms with Crippen LogP contribution in [-0.2, 0) is 14.8 Å². The topological polar surface area (TPSA) is 88.9 Å². The van der Waals surface area contributed by atoms with Crippen molar-refractivity contribution < 1.29 is 26.8 Å². The zero-order valence-electron chi connectivity index (χ0n) is 15.9. The van der Waals surface area contributed by atoms with E-state index < -0.39 is 26.6 Å². The third kappa shape index (κ3) is 4.00. The summed E-state index contributed by atoms with van der Waals surface area (Å²) in [4.78, 5) is 12.2. The molecule has 2 heterocycles. The molecule has 0 saturated carbocycles. The summed E-state index contributed by atoms with van der Waals surface area (Å²) in [5.74, 6) is -1.38. The Balaban J connectivity index is 1.60. The Hall–Kier alpha value is -3.01. The first-order valence-electron chi connectivity index (χ1n) is 9.28. The maximum absolute atomic E-state index is 14.3. The third-order valence-corrected chi connectivity index (χ3v) is 6.65. The zero-order valence-corrected chi connectivity index (χ0v) is 16.7. The smallest absolute Gasteiger partial charge is 0.292 e. The number of ether oxygens (including phenoxy) is 1. The number of benzene rings is 2. The van der Waals surface area contributed by atoms with Crippen LogP contribution in [0.2, 0.25) is 0 Å². The lowest BCUT2D eigenvalue weighted by molar-refractivity contribution is 0.0729. The molecule has 0 radical (unpaired) electrons. The van der Waals surface area contributed by atoms with E-state index in [1.54, 1.807) is 6.07 Å². The number of amides is 1. The van der Waals surface area contributed by atoms with Crippen molar-refractivity contribution in [3.63, 3.8) is 0 Å². The number of furan rings is 1. The fourth-order valence-electron chi connectivity index (χ4n) is 3.22. The molecule has 1 fully saturated rings. The van der Waals surface area contributed by atoms with E-state index in [1.807, 2.05) is 30.3 Å². The Labute approximate surface area is 173 Å². The van der Waals surface area contributed by atoms with Gasteiger partial charge >= 0.3 is 0 Å². The second kappa shape index (κ2) is 8.39. The van der Waals surface area contributed by atoms with Crippen molar-refractivity contribution in [2.75, 3.05) is 31.6 Å². The Bertz CT molecular complexity index is 1160. The molecule has 0 bridgehead atoms. The van der Waals surface area contributed by atoms with Crippen LogP contribution in [0.15, 0.2) is 70.2 Å². The van der Waals surface area contributed by atoms with Gasteiger partial charge in [0.05, 0.1) is 19.5 Å². The van der Waals surface area contributed by atoms with Gasteiger partial charge in [-0.3, -0.25) is 4.79 Å². The van der Waals surface area contributed by atoms with Crippen LogP contribution in [0.25, 0.3) is 11.1 Å². The van der Waals surface area contributed by atoms with E-state index in [9.17, 15) is 17.6 Å². The summed E-state index contributed by atoms with van der Waals surface area (Å²) < 4.78 is 51.6. The van der Waals surface area contributed by atoms with Gasteiger partial charge in [0, 0.05) is 24.3 Å². The van der Waals surface area contributed by atoms with Crippen molar-refractivity contribution in [2.24, 2.45) is 0 Å². The van der Waals surface area contributed by atoms with Crippen LogP contribution in [0.5, 0.6) is 0 Å². The largest absolute Gasteiger partial charge is 0.459 e. The standard InChI is InChI=1S/C21H19FN2O5S/c22-18-7-6-16(14-19(18)30(26,27)24-9-12-28-13-10-24)23-21(25)20-17(8-11-29-20)15-4-2-1-3-5-15/h1-8,11,14H,9-10,12-13H2,(H,23,25). The lowest BCUT2D eigenvalue weighted by Crippen LogP contribution is -2.40. The first-order valence-corrected chi connectivity index (χ1v) is 10.7. The average Bonchev–Trinajstić information content (AvgIpc) is 3.26. The highest BCUT2D eigenvalue weighted by Crippen LogP contribution is 2.27. The van der Waals surface area contributed by atoms with Gasteiger partial charge in [-0.25, -0.2) is 12.8 Å². The number of rotatable bonds is 5. The number of nitrogens with zero attached hydrogens (tertiary/aromatic N) is 1. The molecule has 2 aromatic carbocycles. The van der Waals surface area contributed by atoms with Crippen molar-refractivity contribution in [1.82, 2.24) is 4.31 Å². The molecule has 3 aromatic rings. The Kier molecular flexibility index (Phi) is 5.67. The van der Waals surface area contributed by atoms with Crippen LogP contribution >= 0.6 is 0 Å². The minimum Gasteiger partial charge on any atom is -0.459 e. The Morgan fingerprint density at radius 2 is 1.77 bits per heavy atom. The maximum Gasteiger partial charge on any atom is 0.292 e. The van der Waals surface area contributed by atoms with Crippen LogP contribution in [0.4, 0.5) is 10.1 Å². The van der Waals surface area contributed by atoms with Crippen molar-refractivity contribution >= 4 is 21.6 Å². The Morgan fingerprint density at radius 1 is 1.03 bits per heavy atom. The second-order valence-electron chi connectivity index (χ2n) is 6.65. The van der Waals surface area contributed by atoms with Crippen molar-refractivity contribution in [3.05, 3.63) is 72.4 Å². The van der Waals surface area contributed by atoms with Gasteiger partial charge in [0.1, 0.15) is 10.7 Å². The summed E-state index contributed by atoms with van der Waals surface area (Å²) in [7, 11) is -4.05. The predicted molar refractivity (Wildman–Crippen MR) is 108 cm³/mol. The van der Waals surface area contributed by atoms with Crippen LogP contribution in [0, 0.1) is 5.82 Å². The van der Waals surface area contributed by atoms with E-state index >= 15 is 0 Å². The molecule has 9 heteroatoms. The van der Waals surface area contributed by atoms with Crippen LogP contribution in [-0.4, -0.2) is 44.9 Å². The van der Waals surface area contributed by atoms with E-state index in [1.165, 1.54) is 16.6 Å². The average molecular weight is 430 g/mol. The predicted octanol–water partition coefficient (Wildman–Crippen LogP) is 3.36. The minimum absolute atomic E-state index is 0.0723. The molecule has 0 aliphatic carbocycles. The first kappa shape index (κ1) is 20.3. The molecule has 1 aliphatic rings. The minimum atomic E-state index is -4.05. The normalized spacial score (nSPS) is 15.1. The number of hydrogen-bond acceptors (Lipinski definition) is 5. The van der Waals surface area contributed by atoms with Crippen molar-refractivity contribution in [3.8, 4) is 11.1 Å². The summed E-state index contributed by atoms with van der Waals surface area (Å²) in [6.07, 6.45) is 1.40. The van der Waals surface area contributed by atoms with Gasteiger partial charge in [0.2, 0.25) is 10.0 Å². The molecule has 30 heavy (non-hydrogen) atoms. The van der Waals surface area contributed by atoms with Gasteiger partial charge in [-0.05, 0) is 29.8 Å². The summed E-state index contributed by atoms with van der Waals surface area (Å²) in [5, 5.41) is 2.59. The molecule has 156 valence electrons. The highest BCUT2D eigenvalue weighted by atomic mass is 32.2. The molecule has 1 aliphatic heterocycles. The number of nitrogens with one attached hydrogen (secondary N) is 1. The molecule has 0 spiro atoms. The Morgan fingerprint density at radius 3 is 2.50 bits per heavy atom. The van der Waals surface area contributed by atoms with Crippen molar-refractivity contribution in [2.45, 2.75) is 4.90 Å². The number of morpholine rings is 1. The monoisotopic (exact) mass is 430 g/mol. The fourth-order valence-corrected chi connectivity index (χ4v) is 4.72. The second-order valence-corrected chi connectivity index (χ2v) is 8.55. The van der Waals surface area contributed by atoms with Gasteiger partial charge < -0.3 is 14.5 Å². The van der Waals surface area contributed by atoms with Crippen LogP contribution in [0.3, 0.4) is 0 Å². The quantitative estimate of drug-likeness (QED) is 0.671. The number of carbonyl (C=O) groups excluding carboxylic acids is 1. The molecular weight excluding hydrogens is 411 g/mol. The summed E-state index contributed by atoms with van der Waals surface area (Å²) in [5.41, 5.74) is 1.53. The van der Waals surface area contributed by atoms with Gasteiger partial charge in [-0.15, -0.1) is 0 Å². The van der Waals surface area contributed by atoms with Gasteiger partial charge in [-0.2, -0.15) is 4.31 Å². The molecule has 1 N–H and O–H groups in total. The lowest BCUT2D eigenvalue weighted by atomic mass is 10.1. The molecule has 0 atom stereocenters. The number of halogens is 1. The molecule has 4 rings (SSSR count).